The normalized spacial score (nSPS) is 13.8. The van der Waals surface area contributed by atoms with Gasteiger partial charge in [0.15, 0.2) is 11.6 Å². The molecule has 1 saturated heterocycles. The lowest BCUT2D eigenvalue weighted by atomic mass is 10.1. The van der Waals surface area contributed by atoms with E-state index in [9.17, 15) is 4.79 Å². The number of benzene rings is 1. The van der Waals surface area contributed by atoms with Crippen LogP contribution in [0.3, 0.4) is 0 Å². The van der Waals surface area contributed by atoms with Gasteiger partial charge in [0.05, 0.1) is 13.2 Å². The molecule has 3 aromatic rings. The van der Waals surface area contributed by atoms with Crippen molar-refractivity contribution < 1.29 is 9.53 Å². The molecule has 0 aliphatic carbocycles. The van der Waals surface area contributed by atoms with Crippen LogP contribution in [0, 0.1) is 0 Å². The summed E-state index contributed by atoms with van der Waals surface area (Å²) < 4.78 is 7.28. The zero-order valence-corrected chi connectivity index (χ0v) is 16.0. The highest BCUT2D eigenvalue weighted by molar-refractivity contribution is 5.95. The first kappa shape index (κ1) is 18.8. The lowest BCUT2D eigenvalue weighted by Gasteiger charge is -2.28. The molecule has 0 spiro atoms. The van der Waals surface area contributed by atoms with Gasteiger partial charge in [0.25, 0.3) is 5.91 Å². The Morgan fingerprint density at radius 1 is 1.15 bits per heavy atom. The number of carbonyl (C=O) groups is 1. The number of hydrogen-bond donors (Lipinski definition) is 1. The summed E-state index contributed by atoms with van der Waals surface area (Å²) in [4.78, 5) is 18.9. The molecule has 1 aliphatic heterocycles. The van der Waals surface area contributed by atoms with Crippen LogP contribution in [0.5, 0.6) is 0 Å². The van der Waals surface area contributed by atoms with Crippen LogP contribution < -0.4 is 10.2 Å². The first-order valence-corrected chi connectivity index (χ1v) is 9.27. The minimum Gasteiger partial charge on any atom is -0.378 e. The molecule has 7 nitrogen and oxygen atoms in total. The first-order valence-electron chi connectivity index (χ1n) is 9.27. The van der Waals surface area contributed by atoms with E-state index >= 15 is 0 Å². The summed E-state index contributed by atoms with van der Waals surface area (Å²) >= 11 is 0. The monoisotopic (exact) mass is 367 g/mol. The van der Waals surface area contributed by atoms with E-state index in [1.54, 1.807) is 13.1 Å². The van der Waals surface area contributed by atoms with E-state index in [1.165, 1.54) is 0 Å². The van der Waals surface area contributed by atoms with Crippen LogP contribution in [0.15, 0.2) is 42.6 Å². The van der Waals surface area contributed by atoms with E-state index in [2.05, 4.69) is 15.3 Å². The summed E-state index contributed by atoms with van der Waals surface area (Å²) in [6.45, 7) is 6.99. The molecule has 0 atom stereocenters. The number of anilines is 1. The molecule has 0 bridgehead atoms. The Hall–Kier alpha value is -2.93. The average molecular weight is 367 g/mol. The second kappa shape index (κ2) is 8.64. The fourth-order valence-corrected chi connectivity index (χ4v) is 2.99. The molecular formula is C20H25N5O2. The Bertz CT molecular complexity index is 916. The molecule has 1 N–H and O–H groups in total. The zero-order chi connectivity index (χ0) is 19.2. The molecule has 3 heterocycles. The van der Waals surface area contributed by atoms with Crippen molar-refractivity contribution >= 4 is 17.2 Å². The van der Waals surface area contributed by atoms with Gasteiger partial charge in [0, 0.05) is 37.5 Å². The number of nitrogens with zero attached hydrogens (tertiary/aromatic N) is 4. The molecule has 1 aromatic carbocycles. The fourth-order valence-electron chi connectivity index (χ4n) is 2.99. The molecule has 0 unspecified atom stereocenters. The molecule has 4 rings (SSSR count). The number of ether oxygens (including phenoxy) is 1. The summed E-state index contributed by atoms with van der Waals surface area (Å²) in [5, 5.41) is 7.24. The van der Waals surface area contributed by atoms with Crippen LogP contribution >= 0.6 is 0 Å². The predicted octanol–water partition coefficient (Wildman–Crippen LogP) is 2.62. The zero-order valence-electron chi connectivity index (χ0n) is 16.0. The van der Waals surface area contributed by atoms with Gasteiger partial charge in [-0.1, -0.05) is 26.0 Å². The van der Waals surface area contributed by atoms with Crippen molar-refractivity contribution in [2.24, 2.45) is 0 Å². The number of hydrogen-bond acceptors (Lipinski definition) is 5. The summed E-state index contributed by atoms with van der Waals surface area (Å²) in [5.74, 6) is 1.36. The smallest absolute Gasteiger partial charge is 0.251 e. The van der Waals surface area contributed by atoms with E-state index in [1.807, 2.05) is 54.9 Å². The number of aromatic nitrogens is 3. The Balaban J connectivity index is 0.00000102. The van der Waals surface area contributed by atoms with Crippen LogP contribution in [0.4, 0.5) is 5.82 Å². The van der Waals surface area contributed by atoms with Crippen LogP contribution in [-0.4, -0.2) is 53.9 Å². The lowest BCUT2D eigenvalue weighted by Crippen LogP contribution is -2.37. The fraction of sp³-hybridized carbons (Fsp3) is 0.350. The third-order valence-electron chi connectivity index (χ3n) is 4.29. The van der Waals surface area contributed by atoms with E-state index in [4.69, 9.17) is 9.72 Å². The molecule has 0 radical (unpaired) electrons. The van der Waals surface area contributed by atoms with Gasteiger partial charge in [-0.2, -0.15) is 0 Å². The van der Waals surface area contributed by atoms with Crippen molar-refractivity contribution in [2.75, 3.05) is 38.3 Å². The summed E-state index contributed by atoms with van der Waals surface area (Å²) in [6, 6.07) is 11.3. The molecular weight excluding hydrogens is 342 g/mol. The molecule has 27 heavy (non-hydrogen) atoms. The maximum absolute atomic E-state index is 11.9. The third kappa shape index (κ3) is 3.93. The number of carbonyl (C=O) groups excluding carboxylic acids is 1. The van der Waals surface area contributed by atoms with Gasteiger partial charge in [0.2, 0.25) is 0 Å². The average Bonchev–Trinajstić information content (AvgIpc) is 3.23. The maximum Gasteiger partial charge on any atom is 0.251 e. The Labute approximate surface area is 159 Å². The van der Waals surface area contributed by atoms with Crippen LogP contribution in [0.25, 0.3) is 16.9 Å². The highest BCUT2D eigenvalue weighted by Gasteiger charge is 2.18. The number of rotatable bonds is 3. The van der Waals surface area contributed by atoms with Gasteiger partial charge in [-0.05, 0) is 24.3 Å². The molecule has 142 valence electrons. The van der Waals surface area contributed by atoms with Gasteiger partial charge in [0.1, 0.15) is 5.52 Å². The van der Waals surface area contributed by atoms with Crippen molar-refractivity contribution in [3.8, 4) is 11.4 Å². The van der Waals surface area contributed by atoms with E-state index in [-0.39, 0.29) is 5.91 Å². The standard InChI is InChI=1S/C18H19N5O2.C2H6/c1-19-18(24)14-5-2-4-13(12-14)16-20-17(22-8-10-25-11-9-22)15-6-3-7-23(15)21-16;1-2/h2-7,12H,8-11H2,1H3,(H,19,24);1-2H3. The first-order chi connectivity index (χ1) is 13.3. The van der Waals surface area contributed by atoms with Crippen molar-refractivity contribution in [2.45, 2.75) is 13.8 Å². The highest BCUT2D eigenvalue weighted by Crippen LogP contribution is 2.25. The summed E-state index contributed by atoms with van der Waals surface area (Å²) in [7, 11) is 1.62. The largest absolute Gasteiger partial charge is 0.378 e. The van der Waals surface area contributed by atoms with Crippen molar-refractivity contribution in [3.05, 3.63) is 48.2 Å². The number of nitrogens with one attached hydrogen (secondary N) is 1. The van der Waals surface area contributed by atoms with Crippen molar-refractivity contribution in [1.82, 2.24) is 19.9 Å². The van der Waals surface area contributed by atoms with Gasteiger partial charge in [-0.25, -0.2) is 9.50 Å². The van der Waals surface area contributed by atoms with Gasteiger partial charge >= 0.3 is 0 Å². The second-order valence-corrected chi connectivity index (χ2v) is 5.86. The molecule has 1 amide bonds. The molecule has 7 heteroatoms. The Morgan fingerprint density at radius 3 is 2.67 bits per heavy atom. The third-order valence-corrected chi connectivity index (χ3v) is 4.29. The lowest BCUT2D eigenvalue weighted by molar-refractivity contribution is 0.0963. The molecule has 2 aromatic heterocycles. The van der Waals surface area contributed by atoms with Crippen LogP contribution in [0.1, 0.15) is 24.2 Å². The van der Waals surface area contributed by atoms with Crippen molar-refractivity contribution in [1.29, 1.82) is 0 Å². The molecule has 0 saturated carbocycles. The van der Waals surface area contributed by atoms with E-state index < -0.39 is 0 Å². The van der Waals surface area contributed by atoms with Crippen molar-refractivity contribution in [3.63, 3.8) is 0 Å². The topological polar surface area (TPSA) is 71.8 Å². The summed E-state index contributed by atoms with van der Waals surface area (Å²) in [6.07, 6.45) is 1.91. The number of fused-ring (bicyclic) bond motifs is 1. The minimum atomic E-state index is -0.128. The quantitative estimate of drug-likeness (QED) is 0.770. The Kier molecular flexibility index (Phi) is 6.03. The molecule has 1 fully saturated rings. The second-order valence-electron chi connectivity index (χ2n) is 5.86. The highest BCUT2D eigenvalue weighted by atomic mass is 16.5. The minimum absolute atomic E-state index is 0.128. The maximum atomic E-state index is 11.9. The van der Waals surface area contributed by atoms with E-state index in [0.717, 1.165) is 30.0 Å². The SMILES string of the molecule is CC.CNC(=O)c1cccc(-c2nc(N3CCOCC3)c3cccn3n2)c1. The van der Waals surface area contributed by atoms with E-state index in [0.29, 0.717) is 24.6 Å². The van der Waals surface area contributed by atoms with Crippen LogP contribution in [0.2, 0.25) is 0 Å². The Morgan fingerprint density at radius 2 is 1.93 bits per heavy atom. The van der Waals surface area contributed by atoms with Crippen LogP contribution in [-0.2, 0) is 4.74 Å². The van der Waals surface area contributed by atoms with Gasteiger partial charge < -0.3 is 15.0 Å². The van der Waals surface area contributed by atoms with Gasteiger partial charge in [-0.3, -0.25) is 4.79 Å². The molecule has 1 aliphatic rings. The number of amides is 1. The summed E-state index contributed by atoms with van der Waals surface area (Å²) in [5.41, 5.74) is 2.36. The van der Waals surface area contributed by atoms with Gasteiger partial charge in [-0.15, -0.1) is 5.10 Å². The number of morpholine rings is 1. The predicted molar refractivity (Wildman–Crippen MR) is 106 cm³/mol.